The van der Waals surface area contributed by atoms with E-state index in [9.17, 15) is 9.59 Å². The number of carbonyl (C=O) groups excluding carboxylic acids is 2. The van der Waals surface area contributed by atoms with Crippen molar-refractivity contribution in [3.05, 3.63) is 50.1 Å². The van der Waals surface area contributed by atoms with E-state index in [-0.39, 0.29) is 0 Å². The molecule has 2 aromatic rings. The van der Waals surface area contributed by atoms with E-state index in [2.05, 4.69) is 21.4 Å². The van der Waals surface area contributed by atoms with Crippen LogP contribution in [0.5, 0.6) is 0 Å². The molecule has 3 N–H and O–H groups in total. The lowest BCUT2D eigenvalue weighted by molar-refractivity contribution is 0.0950. The molecule has 104 valence electrons. The molecule has 5 nitrogen and oxygen atoms in total. The first-order valence-corrected chi connectivity index (χ1v) is 7.43. The van der Waals surface area contributed by atoms with Crippen LogP contribution in [0.15, 0.2) is 39.5 Å². The van der Waals surface area contributed by atoms with Crippen LogP contribution in [0.25, 0.3) is 0 Å². The quantitative estimate of drug-likeness (QED) is 0.791. The fourth-order valence-corrected chi connectivity index (χ4v) is 2.83. The van der Waals surface area contributed by atoms with E-state index >= 15 is 0 Å². The third-order valence-electron chi connectivity index (χ3n) is 2.38. The summed E-state index contributed by atoms with van der Waals surface area (Å²) in [6, 6.07) is 7.20. The molecule has 3 amide bonds. The van der Waals surface area contributed by atoms with Crippen molar-refractivity contribution in [3.8, 4) is 0 Å². The van der Waals surface area contributed by atoms with Gasteiger partial charge in [0.1, 0.15) is 0 Å². The lowest BCUT2D eigenvalue weighted by Crippen LogP contribution is -2.49. The Balaban J connectivity index is 2.22. The number of halogens is 2. The Labute approximate surface area is 132 Å². The molecule has 20 heavy (non-hydrogen) atoms. The molecule has 0 saturated carbocycles. The highest BCUT2D eigenvalue weighted by atomic mass is 79.9. The fraction of sp³-hybridized carbons (Fsp3) is 0. The molecular formula is C12H9BrClN3O2S. The van der Waals surface area contributed by atoms with E-state index in [1.165, 1.54) is 11.3 Å². The van der Waals surface area contributed by atoms with Crippen LogP contribution in [0, 0.1) is 0 Å². The topological polar surface area (TPSA) is 75.4 Å². The number of rotatable bonds is 2. The second kappa shape index (κ2) is 6.25. The van der Waals surface area contributed by atoms with Crippen molar-refractivity contribution in [1.29, 1.82) is 0 Å². The molecule has 0 atom stereocenters. The van der Waals surface area contributed by atoms with Gasteiger partial charge in [0.15, 0.2) is 0 Å². The molecule has 0 spiro atoms. The van der Waals surface area contributed by atoms with Crippen molar-refractivity contribution >= 4 is 56.5 Å². The van der Waals surface area contributed by atoms with Gasteiger partial charge in [-0.3, -0.25) is 10.2 Å². The molecule has 0 radical (unpaired) electrons. The standard InChI is InChI=1S/C12H9BrClN3O2S/c13-10-9(5-6-20-10)11(18)16-17(12(15)19)8-3-1-7(14)2-4-8/h1-6H,(H2,15,19)(H,16,18). The number of hydrazine groups is 1. The second-order valence-corrected chi connectivity index (χ2v) is 6.37. The molecule has 1 aromatic carbocycles. The van der Waals surface area contributed by atoms with E-state index in [1.807, 2.05) is 0 Å². The minimum Gasteiger partial charge on any atom is -0.350 e. The lowest BCUT2D eigenvalue weighted by Gasteiger charge is -2.21. The molecule has 0 fully saturated rings. The predicted molar refractivity (Wildman–Crippen MR) is 83.0 cm³/mol. The largest absolute Gasteiger partial charge is 0.350 e. The summed E-state index contributed by atoms with van der Waals surface area (Å²) in [6.07, 6.45) is 0. The van der Waals surface area contributed by atoms with Crippen LogP contribution in [0.2, 0.25) is 5.02 Å². The summed E-state index contributed by atoms with van der Waals surface area (Å²) in [5, 5.41) is 3.24. The van der Waals surface area contributed by atoms with E-state index in [0.717, 1.165) is 5.01 Å². The molecule has 1 heterocycles. The van der Waals surface area contributed by atoms with Crippen LogP contribution in [-0.4, -0.2) is 11.9 Å². The van der Waals surface area contributed by atoms with Crippen molar-refractivity contribution in [3.63, 3.8) is 0 Å². The van der Waals surface area contributed by atoms with Crippen LogP contribution < -0.4 is 16.2 Å². The minimum atomic E-state index is -0.799. The number of primary amides is 1. The van der Waals surface area contributed by atoms with Gasteiger partial charge in [-0.1, -0.05) is 11.6 Å². The number of amides is 3. The summed E-state index contributed by atoms with van der Waals surface area (Å²) in [4.78, 5) is 23.5. The number of nitrogens with one attached hydrogen (secondary N) is 1. The van der Waals surface area contributed by atoms with Gasteiger partial charge in [0.2, 0.25) is 0 Å². The SMILES string of the molecule is NC(=O)N(NC(=O)c1ccsc1Br)c1ccc(Cl)cc1. The van der Waals surface area contributed by atoms with Gasteiger partial charge in [-0.15, -0.1) is 11.3 Å². The number of hydrogen-bond donors (Lipinski definition) is 2. The Kier molecular flexibility index (Phi) is 4.64. The normalized spacial score (nSPS) is 10.1. The van der Waals surface area contributed by atoms with Crippen molar-refractivity contribution in [2.45, 2.75) is 0 Å². The number of urea groups is 1. The number of anilines is 1. The first kappa shape index (κ1) is 14.8. The predicted octanol–water partition coefficient (Wildman–Crippen LogP) is 3.39. The van der Waals surface area contributed by atoms with Crippen LogP contribution in [0.4, 0.5) is 10.5 Å². The zero-order valence-corrected chi connectivity index (χ0v) is 13.1. The van der Waals surface area contributed by atoms with Gasteiger partial charge in [0.25, 0.3) is 5.91 Å². The van der Waals surface area contributed by atoms with Crippen LogP contribution >= 0.6 is 38.9 Å². The van der Waals surface area contributed by atoms with Crippen molar-refractivity contribution in [2.75, 3.05) is 5.01 Å². The molecule has 0 unspecified atom stereocenters. The zero-order chi connectivity index (χ0) is 14.7. The Hall–Kier alpha value is -1.57. The van der Waals surface area contributed by atoms with E-state index in [4.69, 9.17) is 17.3 Å². The van der Waals surface area contributed by atoms with Crippen LogP contribution in [0.1, 0.15) is 10.4 Å². The van der Waals surface area contributed by atoms with Crippen LogP contribution in [0.3, 0.4) is 0 Å². The number of benzene rings is 1. The number of carbonyl (C=O) groups is 2. The average Bonchev–Trinajstić information content (AvgIpc) is 2.83. The van der Waals surface area contributed by atoms with Crippen molar-refractivity contribution in [2.24, 2.45) is 5.73 Å². The summed E-state index contributed by atoms with van der Waals surface area (Å²) >= 11 is 10.4. The molecule has 1 aromatic heterocycles. The average molecular weight is 375 g/mol. The van der Waals surface area contributed by atoms with E-state index in [0.29, 0.717) is 20.1 Å². The maximum atomic E-state index is 12.1. The third kappa shape index (κ3) is 3.30. The molecule has 2 rings (SSSR count). The monoisotopic (exact) mass is 373 g/mol. The third-order valence-corrected chi connectivity index (χ3v) is 4.32. The second-order valence-electron chi connectivity index (χ2n) is 3.70. The van der Waals surface area contributed by atoms with Gasteiger partial charge in [0.05, 0.1) is 15.0 Å². The summed E-state index contributed by atoms with van der Waals surface area (Å²) < 4.78 is 0.676. The maximum absolute atomic E-state index is 12.1. The molecule has 8 heteroatoms. The Morgan fingerprint density at radius 3 is 2.40 bits per heavy atom. The highest BCUT2D eigenvalue weighted by Crippen LogP contribution is 2.24. The molecule has 0 saturated heterocycles. The minimum absolute atomic E-state index is 0.418. The zero-order valence-electron chi connectivity index (χ0n) is 9.97. The Morgan fingerprint density at radius 2 is 1.90 bits per heavy atom. The lowest BCUT2D eigenvalue weighted by atomic mass is 10.3. The molecule has 0 aliphatic carbocycles. The van der Waals surface area contributed by atoms with Crippen molar-refractivity contribution in [1.82, 2.24) is 5.43 Å². The highest BCUT2D eigenvalue weighted by Gasteiger charge is 2.18. The van der Waals surface area contributed by atoms with Gasteiger partial charge in [-0.05, 0) is 51.6 Å². The molecular weight excluding hydrogens is 366 g/mol. The smallest absolute Gasteiger partial charge is 0.338 e. The Bertz CT molecular complexity index is 644. The van der Waals surface area contributed by atoms with E-state index in [1.54, 1.807) is 35.7 Å². The van der Waals surface area contributed by atoms with Gasteiger partial charge in [0, 0.05) is 5.02 Å². The Morgan fingerprint density at radius 1 is 1.25 bits per heavy atom. The summed E-state index contributed by atoms with van der Waals surface area (Å²) in [7, 11) is 0. The van der Waals surface area contributed by atoms with Gasteiger partial charge >= 0.3 is 6.03 Å². The van der Waals surface area contributed by atoms with E-state index < -0.39 is 11.9 Å². The number of nitrogens with zero attached hydrogens (tertiary/aromatic N) is 1. The summed E-state index contributed by atoms with van der Waals surface area (Å²) in [5.41, 5.74) is 8.57. The molecule has 0 aliphatic heterocycles. The first-order chi connectivity index (χ1) is 9.49. The van der Waals surface area contributed by atoms with Gasteiger partial charge in [-0.25, -0.2) is 9.80 Å². The van der Waals surface area contributed by atoms with Crippen LogP contribution in [-0.2, 0) is 0 Å². The first-order valence-electron chi connectivity index (χ1n) is 5.38. The number of thiophene rings is 1. The molecule has 0 aliphatic rings. The number of hydrogen-bond acceptors (Lipinski definition) is 3. The number of nitrogens with two attached hydrogens (primary N) is 1. The molecule has 0 bridgehead atoms. The van der Waals surface area contributed by atoms with Gasteiger partial charge in [-0.2, -0.15) is 0 Å². The summed E-state index contributed by atoms with van der Waals surface area (Å²) in [5.74, 6) is -0.438. The fourth-order valence-electron chi connectivity index (χ4n) is 1.45. The highest BCUT2D eigenvalue weighted by molar-refractivity contribution is 9.11. The summed E-state index contributed by atoms with van der Waals surface area (Å²) in [6.45, 7) is 0. The van der Waals surface area contributed by atoms with Gasteiger partial charge < -0.3 is 5.73 Å². The maximum Gasteiger partial charge on any atom is 0.338 e. The van der Waals surface area contributed by atoms with Crippen molar-refractivity contribution < 1.29 is 9.59 Å².